The molecular weight excluding hydrogens is 358 g/mol. The minimum absolute atomic E-state index is 0.0597. The highest BCUT2D eigenvalue weighted by Gasteiger charge is 2.29. The lowest BCUT2D eigenvalue weighted by molar-refractivity contribution is 0.210. The molecule has 6 nitrogen and oxygen atoms in total. The van der Waals surface area contributed by atoms with Gasteiger partial charge in [0.05, 0.1) is 23.6 Å². The van der Waals surface area contributed by atoms with E-state index in [2.05, 4.69) is 16.6 Å². The zero-order valence-corrected chi connectivity index (χ0v) is 16.8. The molecule has 0 spiro atoms. The van der Waals surface area contributed by atoms with Gasteiger partial charge in [-0.1, -0.05) is 0 Å². The number of aromatic nitrogens is 4. The SMILES string of the molecule is Cn1nc2c(c1CN1CCCC1Cn1nc3c(cc1=O)CSCC3)CCC2. The predicted octanol–water partition coefficient (Wildman–Crippen LogP) is 1.92. The van der Waals surface area contributed by atoms with Gasteiger partial charge in [0.15, 0.2) is 0 Å². The molecule has 1 atom stereocenters. The van der Waals surface area contributed by atoms with Crippen LogP contribution in [0.5, 0.6) is 0 Å². The number of hydrogen-bond donors (Lipinski definition) is 0. The van der Waals surface area contributed by atoms with Crippen LogP contribution in [-0.2, 0) is 45.2 Å². The van der Waals surface area contributed by atoms with Gasteiger partial charge in [0.1, 0.15) is 0 Å². The number of thioether (sulfide) groups is 1. The van der Waals surface area contributed by atoms with E-state index in [1.165, 1.54) is 36.2 Å². The molecule has 1 saturated heterocycles. The Morgan fingerprint density at radius 1 is 1.19 bits per heavy atom. The topological polar surface area (TPSA) is 56.0 Å². The van der Waals surface area contributed by atoms with Crippen LogP contribution in [-0.4, -0.2) is 42.8 Å². The molecular formula is C20H27N5OS. The van der Waals surface area contributed by atoms with Crippen molar-refractivity contribution in [1.82, 2.24) is 24.5 Å². The Labute approximate surface area is 163 Å². The number of fused-ring (bicyclic) bond motifs is 2. The maximum absolute atomic E-state index is 12.6. The quantitative estimate of drug-likeness (QED) is 0.805. The average Bonchev–Trinajstić information content (AvgIpc) is 3.35. The molecule has 1 unspecified atom stereocenters. The number of likely N-dealkylation sites (tertiary alicyclic amines) is 1. The molecule has 2 aliphatic heterocycles. The highest BCUT2D eigenvalue weighted by Crippen LogP contribution is 2.28. The van der Waals surface area contributed by atoms with E-state index >= 15 is 0 Å². The summed E-state index contributed by atoms with van der Waals surface area (Å²) in [5.74, 6) is 2.04. The fourth-order valence-corrected chi connectivity index (χ4v) is 5.82. The van der Waals surface area contributed by atoms with Crippen LogP contribution < -0.4 is 5.56 Å². The van der Waals surface area contributed by atoms with Crippen molar-refractivity contribution in [3.05, 3.63) is 44.6 Å². The molecule has 0 aromatic carbocycles. The fraction of sp³-hybridized carbons (Fsp3) is 0.650. The van der Waals surface area contributed by atoms with Crippen molar-refractivity contribution in [1.29, 1.82) is 0 Å². The first-order chi connectivity index (χ1) is 13.2. The van der Waals surface area contributed by atoms with Gasteiger partial charge < -0.3 is 0 Å². The largest absolute Gasteiger partial charge is 0.293 e. The van der Waals surface area contributed by atoms with Crippen molar-refractivity contribution < 1.29 is 0 Å². The van der Waals surface area contributed by atoms with Crippen LogP contribution in [0.2, 0.25) is 0 Å². The molecule has 27 heavy (non-hydrogen) atoms. The van der Waals surface area contributed by atoms with Crippen LogP contribution in [0.3, 0.4) is 0 Å². The monoisotopic (exact) mass is 385 g/mol. The number of hydrogen-bond acceptors (Lipinski definition) is 5. The molecule has 1 fully saturated rings. The molecule has 2 aromatic rings. The maximum atomic E-state index is 12.6. The van der Waals surface area contributed by atoms with E-state index in [-0.39, 0.29) is 5.56 Å². The first-order valence-corrected chi connectivity index (χ1v) is 11.3. The second kappa shape index (κ2) is 7.09. The fourth-order valence-electron chi connectivity index (χ4n) is 4.87. The Bertz CT molecular complexity index is 918. The van der Waals surface area contributed by atoms with Crippen LogP contribution in [0.25, 0.3) is 0 Å². The Hall–Kier alpha value is -1.60. The van der Waals surface area contributed by atoms with E-state index < -0.39 is 0 Å². The molecule has 0 N–H and O–H groups in total. The zero-order chi connectivity index (χ0) is 18.4. The zero-order valence-electron chi connectivity index (χ0n) is 16.0. The first-order valence-electron chi connectivity index (χ1n) is 10.1. The molecule has 4 heterocycles. The van der Waals surface area contributed by atoms with Gasteiger partial charge in [-0.15, -0.1) is 0 Å². The number of aryl methyl sites for hydroxylation is 3. The van der Waals surface area contributed by atoms with E-state index in [1.807, 2.05) is 17.8 Å². The van der Waals surface area contributed by atoms with Gasteiger partial charge in [-0.25, -0.2) is 4.68 Å². The van der Waals surface area contributed by atoms with Crippen molar-refractivity contribution >= 4 is 11.8 Å². The Morgan fingerprint density at radius 2 is 2.11 bits per heavy atom. The van der Waals surface area contributed by atoms with Gasteiger partial charge >= 0.3 is 0 Å². The smallest absolute Gasteiger partial charge is 0.267 e. The number of nitrogens with zero attached hydrogens (tertiary/aromatic N) is 5. The third kappa shape index (κ3) is 3.25. The van der Waals surface area contributed by atoms with Crippen LogP contribution >= 0.6 is 11.8 Å². The third-order valence-corrected chi connectivity index (χ3v) is 7.35. The van der Waals surface area contributed by atoms with Gasteiger partial charge in [-0.05, 0) is 55.5 Å². The van der Waals surface area contributed by atoms with Crippen LogP contribution in [0.4, 0.5) is 0 Å². The maximum Gasteiger partial charge on any atom is 0.267 e. The molecule has 5 rings (SSSR count). The van der Waals surface area contributed by atoms with Gasteiger partial charge in [-0.2, -0.15) is 22.0 Å². The summed E-state index contributed by atoms with van der Waals surface area (Å²) in [6.45, 7) is 2.75. The lowest BCUT2D eigenvalue weighted by Gasteiger charge is -2.25. The second-order valence-electron chi connectivity index (χ2n) is 8.05. The van der Waals surface area contributed by atoms with E-state index in [4.69, 9.17) is 10.2 Å². The Balaban J connectivity index is 1.36. The van der Waals surface area contributed by atoms with E-state index in [9.17, 15) is 4.79 Å². The second-order valence-corrected chi connectivity index (χ2v) is 9.16. The van der Waals surface area contributed by atoms with Crippen LogP contribution in [0.1, 0.15) is 47.5 Å². The van der Waals surface area contributed by atoms with Crippen LogP contribution in [0.15, 0.2) is 10.9 Å². The van der Waals surface area contributed by atoms with Gasteiger partial charge in [-0.3, -0.25) is 14.4 Å². The summed E-state index contributed by atoms with van der Waals surface area (Å²) in [4.78, 5) is 15.1. The van der Waals surface area contributed by atoms with Crippen molar-refractivity contribution in [2.45, 2.75) is 63.4 Å². The molecule has 2 aromatic heterocycles. The minimum Gasteiger partial charge on any atom is -0.293 e. The lowest BCUT2D eigenvalue weighted by atomic mass is 10.1. The predicted molar refractivity (Wildman–Crippen MR) is 107 cm³/mol. The molecule has 0 amide bonds. The minimum atomic E-state index is 0.0597. The molecule has 3 aliphatic rings. The van der Waals surface area contributed by atoms with Crippen molar-refractivity contribution in [2.75, 3.05) is 12.3 Å². The first kappa shape index (κ1) is 17.5. The number of rotatable bonds is 4. The molecule has 0 radical (unpaired) electrons. The molecule has 144 valence electrons. The van der Waals surface area contributed by atoms with Gasteiger partial charge in [0, 0.05) is 37.9 Å². The summed E-state index contributed by atoms with van der Waals surface area (Å²) in [5, 5.41) is 9.45. The normalized spacial score (nSPS) is 22.2. The Kier molecular flexibility index (Phi) is 4.60. The highest BCUT2D eigenvalue weighted by molar-refractivity contribution is 7.98. The average molecular weight is 386 g/mol. The summed E-state index contributed by atoms with van der Waals surface area (Å²) < 4.78 is 3.81. The summed E-state index contributed by atoms with van der Waals surface area (Å²) in [6.07, 6.45) is 6.85. The van der Waals surface area contributed by atoms with E-state index in [0.29, 0.717) is 12.6 Å². The van der Waals surface area contributed by atoms with E-state index in [1.54, 1.807) is 4.68 Å². The van der Waals surface area contributed by atoms with E-state index in [0.717, 1.165) is 55.1 Å². The summed E-state index contributed by atoms with van der Waals surface area (Å²) in [5.41, 5.74) is 6.48. The summed E-state index contributed by atoms with van der Waals surface area (Å²) >= 11 is 1.89. The van der Waals surface area contributed by atoms with Gasteiger partial charge in [0.2, 0.25) is 0 Å². The standard InChI is InChI=1S/C20H27N5OS/c1-23-19(16-5-2-6-18(16)21-23)12-24-8-3-4-15(24)11-25-20(26)10-14-13-27-9-7-17(14)22-25/h10,15H,2-9,11-13H2,1H3. The van der Waals surface area contributed by atoms with Crippen molar-refractivity contribution in [3.8, 4) is 0 Å². The van der Waals surface area contributed by atoms with Crippen LogP contribution in [0, 0.1) is 0 Å². The van der Waals surface area contributed by atoms with Crippen molar-refractivity contribution in [2.24, 2.45) is 7.05 Å². The molecule has 0 bridgehead atoms. The summed E-state index contributed by atoms with van der Waals surface area (Å²) in [7, 11) is 2.08. The molecule has 7 heteroatoms. The third-order valence-electron chi connectivity index (χ3n) is 6.34. The van der Waals surface area contributed by atoms with Gasteiger partial charge in [0.25, 0.3) is 5.56 Å². The Morgan fingerprint density at radius 3 is 3.04 bits per heavy atom. The lowest BCUT2D eigenvalue weighted by Crippen LogP contribution is -2.38. The summed E-state index contributed by atoms with van der Waals surface area (Å²) in [6, 6.07) is 2.21. The molecule has 1 aliphatic carbocycles. The molecule has 0 saturated carbocycles. The van der Waals surface area contributed by atoms with Crippen molar-refractivity contribution in [3.63, 3.8) is 0 Å². The highest BCUT2D eigenvalue weighted by atomic mass is 32.2.